The van der Waals surface area contributed by atoms with Crippen LogP contribution in [-0.4, -0.2) is 52.9 Å². The number of amides is 1. The maximum atomic E-state index is 12.1. The van der Waals surface area contributed by atoms with Gasteiger partial charge in [-0.25, -0.2) is 0 Å². The van der Waals surface area contributed by atoms with E-state index in [2.05, 4.69) is 20.5 Å². The number of carbonyl (C=O) groups excluding carboxylic acids is 1. The van der Waals surface area contributed by atoms with Gasteiger partial charge in [-0.05, 0) is 38.5 Å². The van der Waals surface area contributed by atoms with Crippen molar-refractivity contribution in [3.63, 3.8) is 0 Å². The molecule has 3 N–H and O–H groups in total. The Balaban J connectivity index is 1.50. The van der Waals surface area contributed by atoms with Gasteiger partial charge in [0.2, 0.25) is 11.9 Å². The van der Waals surface area contributed by atoms with Crippen molar-refractivity contribution in [2.45, 2.75) is 57.0 Å². The third kappa shape index (κ3) is 4.60. The summed E-state index contributed by atoms with van der Waals surface area (Å²) in [4.78, 5) is 18.4. The van der Waals surface area contributed by atoms with E-state index in [-0.39, 0.29) is 17.7 Å². The molecule has 0 aromatic carbocycles. The predicted octanol–water partition coefficient (Wildman–Crippen LogP) is 1.73. The summed E-state index contributed by atoms with van der Waals surface area (Å²) in [6.45, 7) is 0.509. The second-order valence-corrected chi connectivity index (χ2v) is 7.52. The summed E-state index contributed by atoms with van der Waals surface area (Å²) in [7, 11) is 3.80. The van der Waals surface area contributed by atoms with Crippen molar-refractivity contribution in [3.05, 3.63) is 17.5 Å². The van der Waals surface area contributed by atoms with Crippen LogP contribution in [0.15, 0.2) is 11.6 Å². The molecule has 2 fully saturated rings. The Bertz CT molecular complexity index is 617. The van der Waals surface area contributed by atoms with Gasteiger partial charge in [-0.3, -0.25) is 9.89 Å². The molecule has 2 aliphatic rings. The molecule has 25 heavy (non-hydrogen) atoms. The molecular weight excluding hydrogens is 318 g/mol. The fraction of sp³-hybridized carbons (Fsp3) is 0.722. The lowest BCUT2D eigenvalue weighted by Gasteiger charge is -2.16. The van der Waals surface area contributed by atoms with Gasteiger partial charge >= 0.3 is 0 Å². The summed E-state index contributed by atoms with van der Waals surface area (Å²) in [5.41, 5.74) is 1.26. The summed E-state index contributed by atoms with van der Waals surface area (Å²) in [5, 5.41) is 20.5. The number of allylic oxidation sites excluding steroid dienone is 1. The van der Waals surface area contributed by atoms with E-state index in [1.54, 1.807) is 6.08 Å². The first-order valence-corrected chi connectivity index (χ1v) is 9.28. The van der Waals surface area contributed by atoms with Gasteiger partial charge in [-0.1, -0.05) is 12.0 Å². The maximum Gasteiger partial charge on any atom is 0.244 e. The first-order chi connectivity index (χ1) is 12.0. The van der Waals surface area contributed by atoms with Crippen LogP contribution >= 0.6 is 0 Å². The first kappa shape index (κ1) is 17.9. The number of aliphatic hydroxyl groups is 1. The molecule has 1 heterocycles. The largest absolute Gasteiger partial charge is 0.393 e. The molecule has 0 saturated heterocycles. The minimum atomic E-state index is -0.416. The summed E-state index contributed by atoms with van der Waals surface area (Å²) < 4.78 is 0. The number of nitrogens with zero attached hydrogens (tertiary/aromatic N) is 3. The molecule has 0 spiro atoms. The van der Waals surface area contributed by atoms with Crippen molar-refractivity contribution in [1.82, 2.24) is 20.5 Å². The van der Waals surface area contributed by atoms with Gasteiger partial charge in [-0.2, -0.15) is 4.98 Å². The lowest BCUT2D eigenvalue weighted by molar-refractivity contribution is -0.116. The molecule has 138 valence electrons. The summed E-state index contributed by atoms with van der Waals surface area (Å²) in [6, 6.07) is 0. The third-order valence-electron chi connectivity index (χ3n) is 5.30. The molecule has 0 unspecified atom stereocenters. The smallest absolute Gasteiger partial charge is 0.244 e. The molecule has 0 radical (unpaired) electrons. The van der Waals surface area contributed by atoms with Crippen LogP contribution in [0.4, 0.5) is 5.95 Å². The Hall–Kier alpha value is -1.89. The number of aliphatic hydroxyl groups excluding tert-OH is 1. The van der Waals surface area contributed by atoms with E-state index in [4.69, 9.17) is 0 Å². The Labute approximate surface area is 148 Å². The fourth-order valence-corrected chi connectivity index (χ4v) is 3.81. The number of rotatable bonds is 5. The van der Waals surface area contributed by atoms with Crippen LogP contribution in [0.5, 0.6) is 0 Å². The zero-order valence-corrected chi connectivity index (χ0v) is 15.2. The van der Waals surface area contributed by atoms with E-state index < -0.39 is 6.10 Å². The Morgan fingerprint density at radius 2 is 2.08 bits per heavy atom. The van der Waals surface area contributed by atoms with Crippen molar-refractivity contribution < 1.29 is 9.90 Å². The molecule has 3 rings (SSSR count). The highest BCUT2D eigenvalue weighted by atomic mass is 16.3. The molecule has 2 aliphatic carbocycles. The van der Waals surface area contributed by atoms with Crippen molar-refractivity contribution in [2.24, 2.45) is 5.92 Å². The highest BCUT2D eigenvalue weighted by Crippen LogP contribution is 2.37. The zero-order valence-electron chi connectivity index (χ0n) is 15.2. The molecule has 0 aliphatic heterocycles. The number of carbonyl (C=O) groups is 1. The van der Waals surface area contributed by atoms with Crippen LogP contribution in [0, 0.1) is 5.92 Å². The van der Waals surface area contributed by atoms with E-state index in [1.165, 1.54) is 24.8 Å². The van der Waals surface area contributed by atoms with Crippen LogP contribution in [0.25, 0.3) is 0 Å². The van der Waals surface area contributed by atoms with Gasteiger partial charge in [-0.15, -0.1) is 5.10 Å². The minimum Gasteiger partial charge on any atom is -0.393 e. The average Bonchev–Trinajstić information content (AvgIpc) is 3.21. The second-order valence-electron chi connectivity index (χ2n) is 7.52. The fourth-order valence-electron chi connectivity index (χ4n) is 3.81. The normalized spacial score (nSPS) is 26.5. The molecule has 1 aromatic heterocycles. The maximum absolute atomic E-state index is 12.1. The van der Waals surface area contributed by atoms with Crippen molar-refractivity contribution in [2.75, 3.05) is 25.5 Å². The quantitative estimate of drug-likeness (QED) is 0.705. The van der Waals surface area contributed by atoms with Crippen LogP contribution in [-0.2, 0) is 4.79 Å². The molecule has 0 bridgehead atoms. The summed E-state index contributed by atoms with van der Waals surface area (Å²) in [6.07, 6.45) is 8.54. The van der Waals surface area contributed by atoms with E-state index in [0.717, 1.165) is 25.1 Å². The van der Waals surface area contributed by atoms with Gasteiger partial charge in [0.15, 0.2) is 0 Å². The highest BCUT2D eigenvalue weighted by molar-refractivity contribution is 5.88. The number of aromatic amines is 1. The summed E-state index contributed by atoms with van der Waals surface area (Å²) in [5.74, 6) is 1.67. The van der Waals surface area contributed by atoms with Crippen molar-refractivity contribution in [1.29, 1.82) is 0 Å². The molecule has 7 heteroatoms. The minimum absolute atomic E-state index is 0.0258. The number of aromatic nitrogens is 3. The Morgan fingerprint density at radius 1 is 1.32 bits per heavy atom. The number of H-pyrrole nitrogens is 1. The van der Waals surface area contributed by atoms with E-state index in [1.807, 2.05) is 19.0 Å². The number of nitrogens with one attached hydrogen (secondary N) is 2. The average molecular weight is 347 g/mol. The van der Waals surface area contributed by atoms with Crippen LogP contribution < -0.4 is 10.2 Å². The number of hydrogen-bond acceptors (Lipinski definition) is 5. The van der Waals surface area contributed by atoms with E-state index in [0.29, 0.717) is 18.9 Å². The molecule has 1 aromatic rings. The Morgan fingerprint density at radius 3 is 2.76 bits per heavy atom. The first-order valence-electron chi connectivity index (χ1n) is 9.28. The van der Waals surface area contributed by atoms with Crippen LogP contribution in [0.1, 0.15) is 56.7 Å². The number of anilines is 1. The lowest BCUT2D eigenvalue weighted by atomic mass is 9.94. The van der Waals surface area contributed by atoms with Gasteiger partial charge in [0.05, 0.1) is 6.10 Å². The van der Waals surface area contributed by atoms with Gasteiger partial charge in [0.1, 0.15) is 5.82 Å². The molecule has 2 saturated carbocycles. The molecule has 3 atom stereocenters. The van der Waals surface area contributed by atoms with Crippen molar-refractivity contribution in [3.8, 4) is 0 Å². The van der Waals surface area contributed by atoms with Crippen molar-refractivity contribution >= 4 is 11.9 Å². The highest BCUT2D eigenvalue weighted by Gasteiger charge is 2.35. The monoisotopic (exact) mass is 347 g/mol. The van der Waals surface area contributed by atoms with Gasteiger partial charge in [0.25, 0.3) is 0 Å². The van der Waals surface area contributed by atoms with Crippen LogP contribution in [0.2, 0.25) is 0 Å². The molecule has 7 nitrogen and oxygen atoms in total. The third-order valence-corrected chi connectivity index (χ3v) is 5.30. The standard InChI is InChI=1S/C18H29N5O2/c1-23(2)18-20-17(21-22-18)13-9-14(15(24)10-13)11-19-16(25)8-12-6-4-3-5-7-12/h8,13-15,24H,3-7,9-11H2,1-2H3,(H,19,25)(H,20,21,22)/t13-,14+,15+/m0/s1. The van der Waals surface area contributed by atoms with E-state index in [9.17, 15) is 9.90 Å². The number of hydrogen-bond donors (Lipinski definition) is 3. The Kier molecular flexibility index (Phi) is 5.73. The zero-order chi connectivity index (χ0) is 17.8. The van der Waals surface area contributed by atoms with Gasteiger partial charge < -0.3 is 15.3 Å². The van der Waals surface area contributed by atoms with E-state index >= 15 is 0 Å². The molecular formula is C18H29N5O2. The summed E-state index contributed by atoms with van der Waals surface area (Å²) >= 11 is 0. The van der Waals surface area contributed by atoms with Crippen LogP contribution in [0.3, 0.4) is 0 Å². The second kappa shape index (κ2) is 7.99. The molecule has 1 amide bonds. The topological polar surface area (TPSA) is 94.1 Å². The lowest BCUT2D eigenvalue weighted by Crippen LogP contribution is -2.31. The predicted molar refractivity (Wildman–Crippen MR) is 96.4 cm³/mol. The van der Waals surface area contributed by atoms with Gasteiger partial charge in [0, 0.05) is 38.6 Å². The SMILES string of the molecule is CN(C)c1n[nH]c([C@H]2C[C@H](CNC(=O)C=C3CCCCC3)[C@H](O)C2)n1.